The molecule has 2 amide bonds. The third-order valence-corrected chi connectivity index (χ3v) is 6.15. The van der Waals surface area contributed by atoms with Crippen LogP contribution in [0, 0.1) is 19.7 Å². The molecule has 1 atom stereocenters. The van der Waals surface area contributed by atoms with Crippen LogP contribution >= 0.6 is 11.8 Å². The number of rotatable bonds is 7. The zero-order valence-electron chi connectivity index (χ0n) is 17.7. The molecule has 4 nitrogen and oxygen atoms in total. The number of carbonyl (C=O) groups is 2. The van der Waals surface area contributed by atoms with E-state index in [0.717, 1.165) is 21.7 Å². The van der Waals surface area contributed by atoms with E-state index >= 15 is 0 Å². The summed E-state index contributed by atoms with van der Waals surface area (Å²) in [7, 11) is 0. The lowest BCUT2D eigenvalue weighted by molar-refractivity contribution is -0.115. The average molecular weight is 437 g/mol. The monoisotopic (exact) mass is 436 g/mol. The van der Waals surface area contributed by atoms with Crippen LogP contribution in [0.3, 0.4) is 0 Å². The van der Waals surface area contributed by atoms with Crippen molar-refractivity contribution in [3.05, 3.63) is 89.2 Å². The minimum atomic E-state index is -0.570. The highest BCUT2D eigenvalue weighted by Crippen LogP contribution is 2.29. The number of amides is 2. The highest BCUT2D eigenvalue weighted by Gasteiger charge is 2.19. The third kappa shape index (κ3) is 5.95. The first kappa shape index (κ1) is 22.6. The molecule has 0 spiro atoms. The van der Waals surface area contributed by atoms with Gasteiger partial charge in [-0.2, -0.15) is 0 Å². The summed E-state index contributed by atoms with van der Waals surface area (Å²) in [6.45, 7) is 5.95. The molecule has 6 heteroatoms. The predicted molar refractivity (Wildman–Crippen MR) is 125 cm³/mol. The van der Waals surface area contributed by atoms with Gasteiger partial charge in [0.2, 0.25) is 5.91 Å². The van der Waals surface area contributed by atoms with Gasteiger partial charge in [0.15, 0.2) is 0 Å². The largest absolute Gasteiger partial charge is 0.325 e. The summed E-state index contributed by atoms with van der Waals surface area (Å²) in [6.07, 6.45) is 0.646. The standard InChI is InChI=1S/C25H25FN2O2S/c1-4-23(25(30)28-22-13-12-16(2)14-17(22)3)31-19-9-7-8-18(15-19)27-24(29)20-10-5-6-11-21(20)26/h5-15,23H,4H2,1-3H3,(H,27,29)(H,28,30). The van der Waals surface area contributed by atoms with Crippen molar-refractivity contribution in [3.8, 4) is 0 Å². The number of hydrogen-bond acceptors (Lipinski definition) is 3. The third-order valence-electron chi connectivity index (χ3n) is 4.79. The van der Waals surface area contributed by atoms with E-state index in [1.54, 1.807) is 24.3 Å². The summed E-state index contributed by atoms with van der Waals surface area (Å²) < 4.78 is 13.8. The van der Waals surface area contributed by atoms with Crippen molar-refractivity contribution >= 4 is 35.0 Å². The lowest BCUT2D eigenvalue weighted by Gasteiger charge is -2.17. The van der Waals surface area contributed by atoms with Crippen molar-refractivity contribution in [2.24, 2.45) is 0 Å². The molecule has 3 aromatic carbocycles. The first-order valence-corrected chi connectivity index (χ1v) is 11.0. The van der Waals surface area contributed by atoms with Gasteiger partial charge in [0.25, 0.3) is 5.91 Å². The van der Waals surface area contributed by atoms with E-state index in [0.29, 0.717) is 12.1 Å². The fraction of sp³-hybridized carbons (Fsp3) is 0.200. The van der Waals surface area contributed by atoms with Crippen molar-refractivity contribution in [1.82, 2.24) is 0 Å². The lowest BCUT2D eigenvalue weighted by atomic mass is 10.1. The van der Waals surface area contributed by atoms with Gasteiger partial charge < -0.3 is 10.6 Å². The van der Waals surface area contributed by atoms with E-state index in [4.69, 9.17) is 0 Å². The second-order valence-electron chi connectivity index (χ2n) is 7.28. The zero-order chi connectivity index (χ0) is 22.4. The van der Waals surface area contributed by atoms with Gasteiger partial charge in [-0.15, -0.1) is 11.8 Å². The Kier molecular flexibility index (Phi) is 7.47. The van der Waals surface area contributed by atoms with Gasteiger partial charge in [0, 0.05) is 16.3 Å². The number of nitrogens with one attached hydrogen (secondary N) is 2. The van der Waals surface area contributed by atoms with Gasteiger partial charge in [0.05, 0.1) is 10.8 Å². The molecule has 0 radical (unpaired) electrons. The normalized spacial score (nSPS) is 11.6. The summed E-state index contributed by atoms with van der Waals surface area (Å²) >= 11 is 1.43. The quantitative estimate of drug-likeness (QED) is 0.433. The molecule has 0 aromatic heterocycles. The van der Waals surface area contributed by atoms with Gasteiger partial charge >= 0.3 is 0 Å². The number of halogens is 1. The molecule has 1 unspecified atom stereocenters. The number of hydrogen-bond donors (Lipinski definition) is 2. The van der Waals surface area contributed by atoms with Crippen LogP contribution in [-0.4, -0.2) is 17.1 Å². The molecule has 0 aliphatic heterocycles. The second kappa shape index (κ2) is 10.3. The smallest absolute Gasteiger partial charge is 0.258 e. The van der Waals surface area contributed by atoms with Gasteiger partial charge in [0.1, 0.15) is 5.82 Å². The summed E-state index contributed by atoms with van der Waals surface area (Å²) in [5.74, 6) is -1.15. The molecule has 2 N–H and O–H groups in total. The Morgan fingerprint density at radius 1 is 0.968 bits per heavy atom. The Labute approximate surface area is 186 Å². The van der Waals surface area contributed by atoms with Gasteiger partial charge in [-0.05, 0) is 62.2 Å². The van der Waals surface area contributed by atoms with Crippen molar-refractivity contribution in [3.63, 3.8) is 0 Å². The average Bonchev–Trinajstić information content (AvgIpc) is 2.74. The molecule has 0 aliphatic rings. The van der Waals surface area contributed by atoms with Crippen LogP contribution < -0.4 is 10.6 Å². The van der Waals surface area contributed by atoms with Crippen LogP contribution in [0.4, 0.5) is 15.8 Å². The van der Waals surface area contributed by atoms with Crippen LogP contribution in [0.15, 0.2) is 71.6 Å². The van der Waals surface area contributed by atoms with Gasteiger partial charge in [-0.3, -0.25) is 9.59 Å². The number of benzene rings is 3. The lowest BCUT2D eigenvalue weighted by Crippen LogP contribution is -2.25. The van der Waals surface area contributed by atoms with Crippen molar-refractivity contribution in [2.45, 2.75) is 37.3 Å². The van der Waals surface area contributed by atoms with E-state index in [-0.39, 0.29) is 16.7 Å². The van der Waals surface area contributed by atoms with E-state index in [1.807, 2.05) is 45.0 Å². The molecule has 0 aliphatic carbocycles. The van der Waals surface area contributed by atoms with Gasteiger partial charge in [-0.1, -0.05) is 42.8 Å². The Hall–Kier alpha value is -3.12. The summed E-state index contributed by atoms with van der Waals surface area (Å²) in [5, 5.41) is 5.44. The molecule has 0 heterocycles. The topological polar surface area (TPSA) is 58.2 Å². The summed E-state index contributed by atoms with van der Waals surface area (Å²) in [4.78, 5) is 26.0. The minimum absolute atomic E-state index is 0.0140. The molecule has 0 saturated heterocycles. The van der Waals surface area contributed by atoms with E-state index in [2.05, 4.69) is 10.6 Å². The van der Waals surface area contributed by atoms with Crippen molar-refractivity contribution in [2.75, 3.05) is 10.6 Å². The van der Waals surface area contributed by atoms with E-state index in [9.17, 15) is 14.0 Å². The number of carbonyl (C=O) groups excluding carboxylic acids is 2. The molecule has 0 bridgehead atoms. The zero-order valence-corrected chi connectivity index (χ0v) is 18.6. The van der Waals surface area contributed by atoms with E-state index < -0.39 is 11.7 Å². The van der Waals surface area contributed by atoms with E-state index in [1.165, 1.54) is 30.0 Å². The molecular formula is C25H25FN2O2S. The molecular weight excluding hydrogens is 411 g/mol. The van der Waals surface area contributed by atoms with Crippen LogP contribution in [-0.2, 0) is 4.79 Å². The van der Waals surface area contributed by atoms with Crippen LogP contribution in [0.5, 0.6) is 0 Å². The SMILES string of the molecule is CCC(Sc1cccc(NC(=O)c2ccccc2F)c1)C(=O)Nc1ccc(C)cc1C. The highest BCUT2D eigenvalue weighted by molar-refractivity contribution is 8.00. The maximum absolute atomic E-state index is 13.8. The Balaban J connectivity index is 1.69. The second-order valence-corrected chi connectivity index (χ2v) is 8.56. The maximum Gasteiger partial charge on any atom is 0.258 e. The highest BCUT2D eigenvalue weighted by atomic mass is 32.2. The van der Waals surface area contributed by atoms with Crippen LogP contribution in [0.2, 0.25) is 0 Å². The Bertz CT molecular complexity index is 1100. The number of aryl methyl sites for hydroxylation is 2. The van der Waals surface area contributed by atoms with Crippen LogP contribution in [0.25, 0.3) is 0 Å². The van der Waals surface area contributed by atoms with Crippen LogP contribution in [0.1, 0.15) is 34.8 Å². The van der Waals surface area contributed by atoms with Gasteiger partial charge in [-0.25, -0.2) is 4.39 Å². The fourth-order valence-corrected chi connectivity index (χ4v) is 4.16. The summed E-state index contributed by atoms with van der Waals surface area (Å²) in [5.41, 5.74) is 3.50. The Morgan fingerprint density at radius 3 is 2.45 bits per heavy atom. The maximum atomic E-state index is 13.8. The predicted octanol–water partition coefficient (Wildman–Crippen LogP) is 6.20. The molecule has 31 heavy (non-hydrogen) atoms. The molecule has 0 saturated carbocycles. The summed E-state index contributed by atoms with van der Waals surface area (Å²) in [6, 6.07) is 19.0. The minimum Gasteiger partial charge on any atom is -0.325 e. The molecule has 160 valence electrons. The van der Waals surface area contributed by atoms with Crippen molar-refractivity contribution < 1.29 is 14.0 Å². The fourth-order valence-electron chi connectivity index (χ4n) is 3.14. The number of thioether (sulfide) groups is 1. The molecule has 3 aromatic rings. The molecule has 3 rings (SSSR count). The molecule has 0 fully saturated rings. The van der Waals surface area contributed by atoms with Crippen molar-refractivity contribution in [1.29, 1.82) is 0 Å². The first-order chi connectivity index (χ1) is 14.9. The Morgan fingerprint density at radius 2 is 1.74 bits per heavy atom. The number of anilines is 2. The first-order valence-electron chi connectivity index (χ1n) is 10.1.